The number of aromatic nitrogens is 3. The summed E-state index contributed by atoms with van der Waals surface area (Å²) in [6, 6.07) is 2.12. The number of anilines is 1. The molecule has 1 saturated heterocycles. The van der Waals surface area contributed by atoms with Crippen LogP contribution in [0.5, 0.6) is 0 Å². The zero-order valence-corrected chi connectivity index (χ0v) is 13.5. The van der Waals surface area contributed by atoms with Crippen molar-refractivity contribution in [2.45, 2.75) is 13.5 Å². The summed E-state index contributed by atoms with van der Waals surface area (Å²) in [6.45, 7) is 7.35. The van der Waals surface area contributed by atoms with Gasteiger partial charge in [0.15, 0.2) is 4.96 Å². The SMILES string of the molecule is Cc1cnccc1N1CCN(Cc2cn3ccsc3n2)CC1. The smallest absolute Gasteiger partial charge is 0.193 e. The molecule has 0 N–H and O–H groups in total. The molecule has 0 aliphatic carbocycles. The first kappa shape index (κ1) is 13.7. The molecule has 5 nitrogen and oxygen atoms in total. The molecule has 0 unspecified atom stereocenters. The van der Waals surface area contributed by atoms with Crippen LogP contribution in [0.15, 0.2) is 36.2 Å². The molecule has 3 aromatic heterocycles. The van der Waals surface area contributed by atoms with Gasteiger partial charge in [-0.3, -0.25) is 14.3 Å². The first-order chi connectivity index (χ1) is 10.8. The van der Waals surface area contributed by atoms with Crippen LogP contribution in [0.2, 0.25) is 0 Å². The van der Waals surface area contributed by atoms with Crippen molar-refractivity contribution in [2.75, 3.05) is 31.1 Å². The normalized spacial score (nSPS) is 16.5. The highest BCUT2D eigenvalue weighted by Gasteiger charge is 2.19. The lowest BCUT2D eigenvalue weighted by Gasteiger charge is -2.36. The molecule has 0 amide bonds. The third-order valence-corrected chi connectivity index (χ3v) is 5.00. The lowest BCUT2D eigenvalue weighted by atomic mass is 10.2. The van der Waals surface area contributed by atoms with E-state index in [1.807, 2.05) is 12.4 Å². The minimum Gasteiger partial charge on any atom is -0.369 e. The van der Waals surface area contributed by atoms with E-state index in [-0.39, 0.29) is 0 Å². The summed E-state index contributed by atoms with van der Waals surface area (Å²) in [7, 11) is 0. The molecule has 0 atom stereocenters. The van der Waals surface area contributed by atoms with E-state index in [4.69, 9.17) is 0 Å². The number of piperazine rings is 1. The predicted octanol–water partition coefficient (Wildman–Crippen LogP) is 2.42. The molecule has 3 aromatic rings. The third-order valence-electron chi connectivity index (χ3n) is 4.23. The van der Waals surface area contributed by atoms with E-state index in [1.54, 1.807) is 11.3 Å². The van der Waals surface area contributed by atoms with Crippen molar-refractivity contribution in [1.29, 1.82) is 0 Å². The van der Waals surface area contributed by atoms with Crippen LogP contribution in [0.1, 0.15) is 11.3 Å². The van der Waals surface area contributed by atoms with Crippen LogP contribution in [-0.2, 0) is 6.54 Å². The fourth-order valence-electron chi connectivity index (χ4n) is 3.05. The Morgan fingerprint density at radius 2 is 2.09 bits per heavy atom. The van der Waals surface area contributed by atoms with Crippen molar-refractivity contribution in [2.24, 2.45) is 0 Å². The average molecular weight is 313 g/mol. The number of hydrogen-bond donors (Lipinski definition) is 0. The number of fused-ring (bicyclic) bond motifs is 1. The minimum absolute atomic E-state index is 0.942. The van der Waals surface area contributed by atoms with Gasteiger partial charge >= 0.3 is 0 Å². The average Bonchev–Trinajstić information content (AvgIpc) is 3.10. The van der Waals surface area contributed by atoms with Gasteiger partial charge in [0.1, 0.15) is 0 Å². The van der Waals surface area contributed by atoms with Gasteiger partial charge in [-0.15, -0.1) is 11.3 Å². The number of nitrogens with zero attached hydrogens (tertiary/aromatic N) is 5. The fourth-order valence-corrected chi connectivity index (χ4v) is 3.77. The van der Waals surface area contributed by atoms with Crippen molar-refractivity contribution < 1.29 is 0 Å². The molecule has 22 heavy (non-hydrogen) atoms. The van der Waals surface area contributed by atoms with Gasteiger partial charge in [0, 0.05) is 68.6 Å². The lowest BCUT2D eigenvalue weighted by Crippen LogP contribution is -2.46. The molecule has 4 heterocycles. The van der Waals surface area contributed by atoms with Crippen LogP contribution in [0.3, 0.4) is 0 Å². The lowest BCUT2D eigenvalue weighted by molar-refractivity contribution is 0.247. The second-order valence-corrected chi connectivity index (χ2v) is 6.62. The molecule has 1 fully saturated rings. The maximum absolute atomic E-state index is 4.68. The van der Waals surface area contributed by atoms with E-state index in [0.29, 0.717) is 0 Å². The molecule has 114 valence electrons. The van der Waals surface area contributed by atoms with Gasteiger partial charge in [-0.2, -0.15) is 0 Å². The zero-order chi connectivity index (χ0) is 14.9. The largest absolute Gasteiger partial charge is 0.369 e. The fraction of sp³-hybridized carbons (Fsp3) is 0.375. The summed E-state index contributed by atoms with van der Waals surface area (Å²) in [6.07, 6.45) is 8.04. The molecule has 6 heteroatoms. The van der Waals surface area contributed by atoms with Gasteiger partial charge in [0.25, 0.3) is 0 Å². The first-order valence-corrected chi connectivity index (χ1v) is 8.46. The monoisotopic (exact) mass is 313 g/mol. The number of pyridine rings is 1. The van der Waals surface area contributed by atoms with Gasteiger partial charge in [0.2, 0.25) is 0 Å². The highest BCUT2D eigenvalue weighted by atomic mass is 32.1. The molecule has 0 radical (unpaired) electrons. The van der Waals surface area contributed by atoms with Gasteiger partial charge in [-0.05, 0) is 18.6 Å². The summed E-state index contributed by atoms with van der Waals surface area (Å²) in [5.74, 6) is 0. The van der Waals surface area contributed by atoms with E-state index in [1.165, 1.54) is 16.9 Å². The van der Waals surface area contributed by atoms with Crippen molar-refractivity contribution in [3.8, 4) is 0 Å². The molecular formula is C16H19N5S. The highest BCUT2D eigenvalue weighted by Crippen LogP contribution is 2.20. The van der Waals surface area contributed by atoms with Gasteiger partial charge in [-0.25, -0.2) is 4.98 Å². The van der Waals surface area contributed by atoms with Crippen molar-refractivity contribution in [3.63, 3.8) is 0 Å². The summed E-state index contributed by atoms with van der Waals surface area (Å²) < 4.78 is 2.11. The van der Waals surface area contributed by atoms with Gasteiger partial charge < -0.3 is 4.90 Å². The first-order valence-electron chi connectivity index (χ1n) is 7.58. The van der Waals surface area contributed by atoms with E-state index < -0.39 is 0 Å². The van der Waals surface area contributed by atoms with E-state index in [0.717, 1.165) is 37.7 Å². The minimum atomic E-state index is 0.942. The predicted molar refractivity (Wildman–Crippen MR) is 89.5 cm³/mol. The van der Waals surface area contributed by atoms with Crippen LogP contribution in [0.4, 0.5) is 5.69 Å². The molecule has 1 aliphatic rings. The third kappa shape index (κ3) is 2.60. The summed E-state index contributed by atoms with van der Waals surface area (Å²) >= 11 is 1.69. The molecule has 0 aromatic carbocycles. The summed E-state index contributed by atoms with van der Waals surface area (Å²) in [4.78, 5) is 14.9. The number of imidazole rings is 1. The topological polar surface area (TPSA) is 36.7 Å². The Morgan fingerprint density at radius 1 is 1.23 bits per heavy atom. The number of thiazole rings is 1. The highest BCUT2D eigenvalue weighted by molar-refractivity contribution is 7.15. The molecule has 4 rings (SSSR count). The Labute approximate surface area is 133 Å². The van der Waals surface area contributed by atoms with Crippen molar-refractivity contribution in [3.05, 3.63) is 47.5 Å². The summed E-state index contributed by atoms with van der Waals surface area (Å²) in [5, 5.41) is 2.07. The molecule has 1 aliphatic heterocycles. The van der Waals surface area contributed by atoms with E-state index in [2.05, 4.69) is 54.9 Å². The van der Waals surface area contributed by atoms with Gasteiger partial charge in [0.05, 0.1) is 5.69 Å². The second kappa shape index (κ2) is 5.70. The van der Waals surface area contributed by atoms with Crippen LogP contribution < -0.4 is 4.90 Å². The van der Waals surface area contributed by atoms with Crippen molar-refractivity contribution in [1.82, 2.24) is 19.3 Å². The zero-order valence-electron chi connectivity index (χ0n) is 12.6. The van der Waals surface area contributed by atoms with Crippen molar-refractivity contribution >= 4 is 22.0 Å². The number of hydrogen-bond acceptors (Lipinski definition) is 5. The number of aryl methyl sites for hydroxylation is 1. The van der Waals surface area contributed by atoms with Crippen LogP contribution in [-0.4, -0.2) is 45.4 Å². The van der Waals surface area contributed by atoms with E-state index in [9.17, 15) is 0 Å². The van der Waals surface area contributed by atoms with E-state index >= 15 is 0 Å². The van der Waals surface area contributed by atoms with Gasteiger partial charge in [-0.1, -0.05) is 0 Å². The molecule has 0 spiro atoms. The van der Waals surface area contributed by atoms with Crippen LogP contribution in [0.25, 0.3) is 4.96 Å². The molecular weight excluding hydrogens is 294 g/mol. The Balaban J connectivity index is 1.39. The Morgan fingerprint density at radius 3 is 2.86 bits per heavy atom. The summed E-state index contributed by atoms with van der Waals surface area (Å²) in [5.41, 5.74) is 3.74. The Bertz CT molecular complexity index is 741. The Hall–Kier alpha value is -1.92. The second-order valence-electron chi connectivity index (χ2n) is 5.75. The Kier molecular flexibility index (Phi) is 3.56. The quantitative estimate of drug-likeness (QED) is 0.744. The number of rotatable bonds is 3. The standard InChI is InChI=1S/C16H19N5S/c1-13-10-17-3-2-15(13)20-6-4-19(5-7-20)11-14-12-21-8-9-22-16(21)18-14/h2-3,8-10,12H,4-7,11H2,1H3. The molecule has 0 bridgehead atoms. The molecule has 0 saturated carbocycles. The van der Waals surface area contributed by atoms with Crippen LogP contribution >= 0.6 is 11.3 Å². The maximum Gasteiger partial charge on any atom is 0.193 e. The van der Waals surface area contributed by atoms with Crippen LogP contribution in [0, 0.1) is 6.92 Å². The maximum atomic E-state index is 4.68.